The Balaban J connectivity index is 1.79. The number of benzene rings is 1. The minimum absolute atomic E-state index is 0.810. The van der Waals surface area contributed by atoms with Crippen molar-refractivity contribution in [3.63, 3.8) is 0 Å². The van der Waals surface area contributed by atoms with Gasteiger partial charge in [-0.25, -0.2) is 0 Å². The van der Waals surface area contributed by atoms with Crippen molar-refractivity contribution >= 4 is 10.9 Å². The van der Waals surface area contributed by atoms with E-state index in [0.717, 1.165) is 18.4 Å². The molecule has 3 rings (SSSR count). The van der Waals surface area contributed by atoms with Gasteiger partial charge in [-0.05, 0) is 42.9 Å². The molecule has 1 aromatic heterocycles. The lowest BCUT2D eigenvalue weighted by Gasteiger charge is -2.34. The van der Waals surface area contributed by atoms with Gasteiger partial charge in [0.1, 0.15) is 0 Å². The van der Waals surface area contributed by atoms with E-state index in [2.05, 4.69) is 60.8 Å². The van der Waals surface area contributed by atoms with Crippen LogP contribution in [0.4, 0.5) is 0 Å². The largest absolute Gasteiger partial charge is 0.350 e. The Morgan fingerprint density at radius 3 is 2.85 bits per heavy atom. The first-order chi connectivity index (χ1) is 9.65. The number of piperidine rings is 1. The third-order valence-corrected chi connectivity index (χ3v) is 4.86. The first kappa shape index (κ1) is 13.7. The van der Waals surface area contributed by atoms with Gasteiger partial charge in [-0.2, -0.15) is 0 Å². The third-order valence-electron chi connectivity index (χ3n) is 4.86. The summed E-state index contributed by atoms with van der Waals surface area (Å²) >= 11 is 0. The molecule has 2 aromatic rings. The van der Waals surface area contributed by atoms with Crippen LogP contribution in [0, 0.1) is 11.8 Å². The summed E-state index contributed by atoms with van der Waals surface area (Å²) in [5.74, 6) is 1.68. The van der Waals surface area contributed by atoms with Crippen LogP contribution in [0.25, 0.3) is 10.9 Å². The van der Waals surface area contributed by atoms with E-state index in [9.17, 15) is 0 Å². The van der Waals surface area contributed by atoms with Crippen LogP contribution >= 0.6 is 0 Å². The Kier molecular flexibility index (Phi) is 3.84. The van der Waals surface area contributed by atoms with Crippen molar-refractivity contribution in [2.45, 2.75) is 33.2 Å². The van der Waals surface area contributed by atoms with Gasteiger partial charge in [-0.3, -0.25) is 4.90 Å². The molecule has 108 valence electrons. The number of hydrogen-bond acceptors (Lipinski definition) is 1. The number of hydrogen-bond donors (Lipinski definition) is 0. The molecule has 1 fully saturated rings. The lowest BCUT2D eigenvalue weighted by atomic mass is 9.88. The molecule has 2 heteroatoms. The van der Waals surface area contributed by atoms with E-state index in [-0.39, 0.29) is 0 Å². The van der Waals surface area contributed by atoms with Crippen LogP contribution in [0.1, 0.15) is 32.3 Å². The summed E-state index contributed by atoms with van der Waals surface area (Å²) in [6, 6.07) is 8.75. The lowest BCUT2D eigenvalue weighted by molar-refractivity contribution is 0.139. The number of rotatable bonds is 3. The number of para-hydroxylation sites is 1. The SMILES string of the molecule is CC(C)[C@@H]1CCCN(Cc2cn(C)c3ccccc23)C1. The molecule has 1 aliphatic rings. The fourth-order valence-corrected chi connectivity index (χ4v) is 3.57. The average molecular weight is 270 g/mol. The van der Waals surface area contributed by atoms with Crippen molar-refractivity contribution in [1.29, 1.82) is 0 Å². The van der Waals surface area contributed by atoms with Crippen LogP contribution in [0.2, 0.25) is 0 Å². The zero-order chi connectivity index (χ0) is 14.1. The summed E-state index contributed by atoms with van der Waals surface area (Å²) in [5.41, 5.74) is 2.83. The molecule has 2 nitrogen and oxygen atoms in total. The first-order valence-electron chi connectivity index (χ1n) is 7.90. The van der Waals surface area contributed by atoms with Crippen LogP contribution in [0.5, 0.6) is 0 Å². The second-order valence-corrected chi connectivity index (χ2v) is 6.66. The molecule has 0 amide bonds. The normalized spacial score (nSPS) is 20.9. The van der Waals surface area contributed by atoms with E-state index < -0.39 is 0 Å². The topological polar surface area (TPSA) is 8.17 Å². The zero-order valence-electron chi connectivity index (χ0n) is 13.0. The molecule has 1 aromatic carbocycles. The Bertz CT molecular complexity index is 582. The van der Waals surface area contributed by atoms with E-state index >= 15 is 0 Å². The zero-order valence-corrected chi connectivity index (χ0v) is 13.0. The smallest absolute Gasteiger partial charge is 0.0481 e. The highest BCUT2D eigenvalue weighted by atomic mass is 15.1. The van der Waals surface area contributed by atoms with Gasteiger partial charge in [0.25, 0.3) is 0 Å². The van der Waals surface area contributed by atoms with Gasteiger partial charge in [0, 0.05) is 37.2 Å². The Hall–Kier alpha value is -1.28. The first-order valence-corrected chi connectivity index (χ1v) is 7.90. The molecule has 1 aliphatic heterocycles. The molecule has 20 heavy (non-hydrogen) atoms. The van der Waals surface area contributed by atoms with Gasteiger partial charge in [-0.15, -0.1) is 0 Å². The van der Waals surface area contributed by atoms with Crippen molar-refractivity contribution in [3.8, 4) is 0 Å². The molecule has 0 radical (unpaired) electrons. The maximum Gasteiger partial charge on any atom is 0.0481 e. The van der Waals surface area contributed by atoms with Gasteiger partial charge >= 0.3 is 0 Å². The predicted octanol–water partition coefficient (Wildman–Crippen LogP) is 4.05. The summed E-state index contributed by atoms with van der Waals surface area (Å²) in [6.45, 7) is 8.36. The fourth-order valence-electron chi connectivity index (χ4n) is 3.57. The predicted molar refractivity (Wildman–Crippen MR) is 85.8 cm³/mol. The molecular formula is C18H26N2. The molecule has 0 aliphatic carbocycles. The highest BCUT2D eigenvalue weighted by Crippen LogP contribution is 2.27. The maximum atomic E-state index is 2.65. The van der Waals surface area contributed by atoms with Crippen LogP contribution in [-0.4, -0.2) is 22.6 Å². The van der Waals surface area contributed by atoms with Crippen LogP contribution < -0.4 is 0 Å². The van der Waals surface area contributed by atoms with Gasteiger partial charge < -0.3 is 4.57 Å². The maximum absolute atomic E-state index is 2.65. The molecule has 0 unspecified atom stereocenters. The minimum atomic E-state index is 0.810. The average Bonchev–Trinajstić information content (AvgIpc) is 2.76. The second kappa shape index (κ2) is 5.61. The van der Waals surface area contributed by atoms with Crippen LogP contribution in [-0.2, 0) is 13.6 Å². The van der Waals surface area contributed by atoms with Crippen molar-refractivity contribution in [2.24, 2.45) is 18.9 Å². The van der Waals surface area contributed by atoms with Gasteiger partial charge in [0.05, 0.1) is 0 Å². The number of aromatic nitrogens is 1. The Morgan fingerprint density at radius 1 is 1.25 bits per heavy atom. The lowest BCUT2D eigenvalue weighted by Crippen LogP contribution is -2.36. The summed E-state index contributed by atoms with van der Waals surface area (Å²) in [6.07, 6.45) is 5.07. The van der Waals surface area contributed by atoms with Crippen LogP contribution in [0.15, 0.2) is 30.5 Å². The van der Waals surface area contributed by atoms with E-state index in [0.29, 0.717) is 0 Å². The monoisotopic (exact) mass is 270 g/mol. The summed E-state index contributed by atoms with van der Waals surface area (Å²) in [7, 11) is 2.15. The summed E-state index contributed by atoms with van der Waals surface area (Å²) < 4.78 is 2.26. The summed E-state index contributed by atoms with van der Waals surface area (Å²) in [4.78, 5) is 2.65. The van der Waals surface area contributed by atoms with Gasteiger partial charge in [0.2, 0.25) is 0 Å². The highest BCUT2D eigenvalue weighted by molar-refractivity contribution is 5.83. The number of nitrogens with zero attached hydrogens (tertiary/aromatic N) is 2. The van der Waals surface area contributed by atoms with Crippen molar-refractivity contribution in [1.82, 2.24) is 9.47 Å². The van der Waals surface area contributed by atoms with Crippen molar-refractivity contribution < 1.29 is 0 Å². The number of aryl methyl sites for hydroxylation is 1. The quantitative estimate of drug-likeness (QED) is 0.817. The third kappa shape index (κ3) is 2.62. The van der Waals surface area contributed by atoms with Gasteiger partial charge in [0.15, 0.2) is 0 Å². The molecule has 1 atom stereocenters. The van der Waals surface area contributed by atoms with E-state index in [1.165, 1.54) is 42.4 Å². The summed E-state index contributed by atoms with van der Waals surface area (Å²) in [5, 5.41) is 1.42. The molecule has 1 saturated heterocycles. The second-order valence-electron chi connectivity index (χ2n) is 6.66. The molecule has 0 bridgehead atoms. The Morgan fingerprint density at radius 2 is 2.05 bits per heavy atom. The van der Waals surface area contributed by atoms with E-state index in [1.54, 1.807) is 0 Å². The number of likely N-dealkylation sites (tertiary alicyclic amines) is 1. The number of fused-ring (bicyclic) bond motifs is 1. The van der Waals surface area contributed by atoms with Crippen molar-refractivity contribution in [3.05, 3.63) is 36.0 Å². The fraction of sp³-hybridized carbons (Fsp3) is 0.556. The molecule has 0 N–H and O–H groups in total. The standard InChI is InChI=1S/C18H26N2/c1-14(2)15-7-6-10-20(12-15)13-16-11-19(3)18-9-5-4-8-17(16)18/h4-5,8-9,11,14-15H,6-7,10,12-13H2,1-3H3/t15-/m1/s1. The molecule has 0 saturated carbocycles. The van der Waals surface area contributed by atoms with E-state index in [4.69, 9.17) is 0 Å². The minimum Gasteiger partial charge on any atom is -0.350 e. The van der Waals surface area contributed by atoms with E-state index in [1.807, 2.05) is 0 Å². The molecule has 2 heterocycles. The molecular weight excluding hydrogens is 244 g/mol. The molecule has 0 spiro atoms. The Labute approximate surface area is 122 Å². The van der Waals surface area contributed by atoms with Crippen LogP contribution in [0.3, 0.4) is 0 Å². The van der Waals surface area contributed by atoms with Crippen molar-refractivity contribution in [2.75, 3.05) is 13.1 Å². The highest BCUT2D eigenvalue weighted by Gasteiger charge is 2.22. The van der Waals surface area contributed by atoms with Gasteiger partial charge in [-0.1, -0.05) is 32.0 Å².